The van der Waals surface area contributed by atoms with Crippen LogP contribution in [0.2, 0.25) is 0 Å². The van der Waals surface area contributed by atoms with E-state index in [1.54, 1.807) is 6.07 Å². The lowest BCUT2D eigenvalue weighted by atomic mass is 10.1. The Morgan fingerprint density at radius 1 is 1.45 bits per heavy atom. The summed E-state index contributed by atoms with van der Waals surface area (Å²) in [4.78, 5) is 0. The normalized spacial score (nSPS) is 10.1. The zero-order valence-electron chi connectivity index (χ0n) is 6.40. The molecule has 0 spiro atoms. The van der Waals surface area contributed by atoms with E-state index < -0.39 is 0 Å². The van der Waals surface area contributed by atoms with Crippen molar-refractivity contribution in [3.63, 3.8) is 0 Å². The molecule has 0 bridgehead atoms. The number of hydrogen-bond donors (Lipinski definition) is 0. The molecule has 0 heterocycles. The van der Waals surface area contributed by atoms with Gasteiger partial charge in [0.15, 0.2) is 0 Å². The van der Waals surface area contributed by atoms with Gasteiger partial charge in [0.05, 0.1) is 0 Å². The average molecular weight is 173 g/mol. The summed E-state index contributed by atoms with van der Waals surface area (Å²) in [5.74, 6) is 0.410. The third-order valence-corrected chi connectivity index (χ3v) is 1.86. The highest BCUT2D eigenvalue weighted by Gasteiger charge is 1.97. The lowest BCUT2D eigenvalue weighted by molar-refractivity contribution is 0.625. The van der Waals surface area contributed by atoms with Gasteiger partial charge in [-0.3, -0.25) is 0 Å². The molecule has 0 saturated heterocycles. The Balaban J connectivity index is 2.90. The van der Waals surface area contributed by atoms with Crippen LogP contribution in [0.3, 0.4) is 0 Å². The summed E-state index contributed by atoms with van der Waals surface area (Å²) in [6, 6.07) is 4.78. The second kappa shape index (κ2) is 3.72. The summed E-state index contributed by atoms with van der Waals surface area (Å²) >= 11 is 5.55. The van der Waals surface area contributed by atoms with Crippen LogP contribution in [0.4, 0.5) is 4.39 Å². The maximum Gasteiger partial charge on any atom is 0.123 e. The van der Waals surface area contributed by atoms with Gasteiger partial charge in [0, 0.05) is 5.88 Å². The molecule has 0 aliphatic heterocycles. The first-order valence-corrected chi connectivity index (χ1v) is 4.08. The summed E-state index contributed by atoms with van der Waals surface area (Å²) in [5.41, 5.74) is 2.10. The van der Waals surface area contributed by atoms with Crippen molar-refractivity contribution in [1.29, 1.82) is 0 Å². The van der Waals surface area contributed by atoms with Crippen molar-refractivity contribution in [1.82, 2.24) is 0 Å². The van der Waals surface area contributed by atoms with Gasteiger partial charge in [0.25, 0.3) is 0 Å². The Morgan fingerprint density at radius 3 is 2.73 bits per heavy atom. The zero-order valence-corrected chi connectivity index (χ0v) is 7.16. The molecule has 1 aromatic carbocycles. The molecule has 2 heteroatoms. The minimum Gasteiger partial charge on any atom is -0.207 e. The molecule has 1 rings (SSSR count). The van der Waals surface area contributed by atoms with Gasteiger partial charge in [-0.15, -0.1) is 11.6 Å². The van der Waals surface area contributed by atoms with Gasteiger partial charge in [-0.05, 0) is 36.6 Å². The molecule has 0 atom stereocenters. The van der Waals surface area contributed by atoms with Crippen molar-refractivity contribution in [2.45, 2.75) is 13.3 Å². The van der Waals surface area contributed by atoms with Crippen LogP contribution < -0.4 is 0 Å². The predicted octanol–water partition coefficient (Wildman–Crippen LogP) is 2.92. The number of halogens is 2. The zero-order chi connectivity index (χ0) is 8.27. The molecule has 1 aromatic rings. The van der Waals surface area contributed by atoms with E-state index in [0.717, 1.165) is 17.5 Å². The van der Waals surface area contributed by atoms with Crippen molar-refractivity contribution < 1.29 is 4.39 Å². The SMILES string of the molecule is Cc1cc(F)ccc1CCCl. The molecule has 0 aliphatic carbocycles. The smallest absolute Gasteiger partial charge is 0.123 e. The average Bonchev–Trinajstić information content (AvgIpc) is 1.95. The fourth-order valence-corrected chi connectivity index (χ4v) is 1.25. The van der Waals surface area contributed by atoms with E-state index in [4.69, 9.17) is 11.6 Å². The lowest BCUT2D eigenvalue weighted by Gasteiger charge is -2.01. The van der Waals surface area contributed by atoms with E-state index in [0.29, 0.717) is 5.88 Å². The van der Waals surface area contributed by atoms with E-state index in [2.05, 4.69) is 0 Å². The first-order chi connectivity index (χ1) is 5.24. The predicted molar refractivity (Wildman–Crippen MR) is 45.6 cm³/mol. The van der Waals surface area contributed by atoms with E-state index in [9.17, 15) is 4.39 Å². The molecule has 0 aliphatic rings. The van der Waals surface area contributed by atoms with Crippen LogP contribution in [0, 0.1) is 12.7 Å². The largest absolute Gasteiger partial charge is 0.207 e. The van der Waals surface area contributed by atoms with E-state index in [1.807, 2.05) is 6.92 Å². The van der Waals surface area contributed by atoms with Gasteiger partial charge in [0.2, 0.25) is 0 Å². The minimum atomic E-state index is -0.180. The fourth-order valence-electron chi connectivity index (χ4n) is 1.04. The van der Waals surface area contributed by atoms with Crippen LogP contribution in [0.15, 0.2) is 18.2 Å². The van der Waals surface area contributed by atoms with Crippen LogP contribution in [0.5, 0.6) is 0 Å². The topological polar surface area (TPSA) is 0 Å². The van der Waals surface area contributed by atoms with Gasteiger partial charge < -0.3 is 0 Å². The second-order valence-corrected chi connectivity index (χ2v) is 2.89. The van der Waals surface area contributed by atoms with Crippen molar-refractivity contribution in [3.05, 3.63) is 35.1 Å². The van der Waals surface area contributed by atoms with Crippen LogP contribution in [0.1, 0.15) is 11.1 Å². The molecule has 0 N–H and O–H groups in total. The number of rotatable bonds is 2. The molecule has 0 amide bonds. The van der Waals surface area contributed by atoms with Gasteiger partial charge in [-0.1, -0.05) is 6.07 Å². The highest BCUT2D eigenvalue weighted by atomic mass is 35.5. The number of aryl methyl sites for hydroxylation is 2. The van der Waals surface area contributed by atoms with Gasteiger partial charge in [-0.25, -0.2) is 4.39 Å². The molecule has 11 heavy (non-hydrogen) atoms. The molecule has 0 saturated carbocycles. The Labute approximate surface area is 71.0 Å². The van der Waals surface area contributed by atoms with Crippen LogP contribution in [-0.4, -0.2) is 5.88 Å². The highest BCUT2D eigenvalue weighted by molar-refractivity contribution is 6.18. The molecule has 0 radical (unpaired) electrons. The summed E-state index contributed by atoms with van der Waals surface area (Å²) < 4.78 is 12.6. The van der Waals surface area contributed by atoms with Crippen molar-refractivity contribution in [2.24, 2.45) is 0 Å². The maximum absolute atomic E-state index is 12.6. The minimum absolute atomic E-state index is 0.180. The third-order valence-electron chi connectivity index (χ3n) is 1.67. The Bertz CT molecular complexity index is 245. The quantitative estimate of drug-likeness (QED) is 0.602. The summed E-state index contributed by atoms with van der Waals surface area (Å²) in [6.45, 7) is 1.89. The van der Waals surface area contributed by atoms with E-state index >= 15 is 0 Å². The Kier molecular flexibility index (Phi) is 2.89. The molecular weight excluding hydrogens is 163 g/mol. The molecular formula is C9H10ClF. The first-order valence-electron chi connectivity index (χ1n) is 3.55. The van der Waals surface area contributed by atoms with Gasteiger partial charge >= 0.3 is 0 Å². The Morgan fingerprint density at radius 2 is 2.18 bits per heavy atom. The lowest BCUT2D eigenvalue weighted by Crippen LogP contribution is -1.90. The van der Waals surface area contributed by atoms with Gasteiger partial charge in [-0.2, -0.15) is 0 Å². The fraction of sp³-hybridized carbons (Fsp3) is 0.333. The monoisotopic (exact) mass is 172 g/mol. The maximum atomic E-state index is 12.6. The second-order valence-electron chi connectivity index (χ2n) is 2.51. The van der Waals surface area contributed by atoms with Crippen molar-refractivity contribution in [3.8, 4) is 0 Å². The molecule has 0 unspecified atom stereocenters. The molecule has 0 nitrogen and oxygen atoms in total. The number of alkyl halides is 1. The van der Waals surface area contributed by atoms with E-state index in [-0.39, 0.29) is 5.82 Å². The summed E-state index contributed by atoms with van der Waals surface area (Å²) in [5, 5.41) is 0. The van der Waals surface area contributed by atoms with Crippen LogP contribution >= 0.6 is 11.6 Å². The standard InChI is InChI=1S/C9H10ClF/c1-7-6-9(11)3-2-8(7)4-5-10/h2-3,6H,4-5H2,1H3. The third kappa shape index (κ3) is 2.19. The number of benzene rings is 1. The summed E-state index contributed by atoms with van der Waals surface area (Å²) in [6.07, 6.45) is 0.813. The van der Waals surface area contributed by atoms with Crippen molar-refractivity contribution >= 4 is 11.6 Å². The van der Waals surface area contributed by atoms with E-state index in [1.165, 1.54) is 12.1 Å². The van der Waals surface area contributed by atoms with Crippen LogP contribution in [0.25, 0.3) is 0 Å². The molecule has 0 aromatic heterocycles. The number of hydrogen-bond acceptors (Lipinski definition) is 0. The van der Waals surface area contributed by atoms with Gasteiger partial charge in [0.1, 0.15) is 5.82 Å². The Hall–Kier alpha value is -0.560. The highest BCUT2D eigenvalue weighted by Crippen LogP contribution is 2.10. The van der Waals surface area contributed by atoms with Crippen LogP contribution in [-0.2, 0) is 6.42 Å². The molecule has 60 valence electrons. The molecule has 0 fully saturated rings. The van der Waals surface area contributed by atoms with Crippen molar-refractivity contribution in [2.75, 3.05) is 5.88 Å². The first kappa shape index (κ1) is 8.54. The summed E-state index contributed by atoms with van der Waals surface area (Å²) in [7, 11) is 0.